The minimum atomic E-state index is 0.431. The van der Waals surface area contributed by atoms with E-state index < -0.39 is 0 Å². The minimum absolute atomic E-state index is 0.431. The van der Waals surface area contributed by atoms with Crippen molar-refractivity contribution in [3.05, 3.63) is 0 Å². The monoisotopic (exact) mass is 213 g/mol. The van der Waals surface area contributed by atoms with Crippen LogP contribution in [0.1, 0.15) is 26.2 Å². The molecule has 2 aliphatic rings. The molecule has 3 heteroatoms. The third kappa shape index (κ3) is 2.35. The number of rotatable bonds is 3. The first-order valence-electron chi connectivity index (χ1n) is 6.04. The zero-order valence-electron chi connectivity index (χ0n) is 10.1. The normalized spacial score (nSPS) is 42.6. The van der Waals surface area contributed by atoms with Crippen LogP contribution in [-0.2, 0) is 9.47 Å². The lowest BCUT2D eigenvalue weighted by Gasteiger charge is -2.46. The van der Waals surface area contributed by atoms with Gasteiger partial charge in [0.25, 0.3) is 0 Å². The molecule has 1 aliphatic carbocycles. The second kappa shape index (κ2) is 4.81. The zero-order valence-corrected chi connectivity index (χ0v) is 10.1. The molecule has 1 saturated carbocycles. The molecule has 3 nitrogen and oxygen atoms in total. The van der Waals surface area contributed by atoms with Gasteiger partial charge in [0.2, 0.25) is 0 Å². The van der Waals surface area contributed by atoms with Gasteiger partial charge in [-0.1, -0.05) is 6.92 Å². The van der Waals surface area contributed by atoms with E-state index in [1.54, 1.807) is 0 Å². The lowest BCUT2D eigenvalue weighted by Crippen LogP contribution is -2.54. The quantitative estimate of drug-likeness (QED) is 0.709. The lowest BCUT2D eigenvalue weighted by molar-refractivity contribution is -0.0710. The minimum Gasteiger partial charge on any atom is -0.381 e. The standard InChI is InChI=1S/C12H23NO2/c1-9-4-5-13(8-12(9)15-3)10-6-11(7-10)14-2/h9-12H,4-8H2,1-3H3/t9-,10?,11?,12-/m0/s1. The SMILES string of the molecule is COC1CC(N2CC[C@H](C)[C@@H](OC)C2)C1. The molecular weight excluding hydrogens is 190 g/mol. The van der Waals surface area contributed by atoms with Gasteiger partial charge in [0.05, 0.1) is 12.2 Å². The van der Waals surface area contributed by atoms with Crippen LogP contribution in [0, 0.1) is 5.92 Å². The predicted octanol–water partition coefficient (Wildman–Crippen LogP) is 1.52. The van der Waals surface area contributed by atoms with Crippen LogP contribution in [0.5, 0.6) is 0 Å². The predicted molar refractivity (Wildman–Crippen MR) is 60.0 cm³/mol. The average Bonchev–Trinajstić information content (AvgIpc) is 2.19. The molecule has 0 bridgehead atoms. The highest BCUT2D eigenvalue weighted by Gasteiger charge is 2.37. The van der Waals surface area contributed by atoms with E-state index in [-0.39, 0.29) is 0 Å². The third-order valence-corrected chi connectivity index (χ3v) is 4.14. The Morgan fingerprint density at radius 2 is 1.87 bits per heavy atom. The number of piperidine rings is 1. The summed E-state index contributed by atoms with van der Waals surface area (Å²) < 4.78 is 10.9. The Bertz CT molecular complexity index is 204. The van der Waals surface area contributed by atoms with Crippen LogP contribution < -0.4 is 0 Å². The maximum atomic E-state index is 5.53. The molecule has 0 aromatic heterocycles. The Kier molecular flexibility index (Phi) is 3.65. The first-order chi connectivity index (χ1) is 7.24. The van der Waals surface area contributed by atoms with Crippen molar-refractivity contribution in [2.45, 2.75) is 44.4 Å². The molecule has 0 aromatic carbocycles. The smallest absolute Gasteiger partial charge is 0.0724 e. The average molecular weight is 213 g/mol. The Balaban J connectivity index is 1.80. The van der Waals surface area contributed by atoms with Crippen LogP contribution in [0.3, 0.4) is 0 Å². The van der Waals surface area contributed by atoms with E-state index in [2.05, 4.69) is 11.8 Å². The van der Waals surface area contributed by atoms with Gasteiger partial charge in [-0.2, -0.15) is 0 Å². The second-order valence-electron chi connectivity index (χ2n) is 5.02. The fraction of sp³-hybridized carbons (Fsp3) is 1.00. The van der Waals surface area contributed by atoms with E-state index in [4.69, 9.17) is 9.47 Å². The molecular formula is C12H23NO2. The van der Waals surface area contributed by atoms with Gasteiger partial charge < -0.3 is 9.47 Å². The number of methoxy groups -OCH3 is 2. The Morgan fingerprint density at radius 3 is 2.47 bits per heavy atom. The van der Waals surface area contributed by atoms with Gasteiger partial charge in [0, 0.05) is 26.8 Å². The maximum absolute atomic E-state index is 5.53. The van der Waals surface area contributed by atoms with E-state index in [1.807, 2.05) is 14.2 Å². The molecule has 15 heavy (non-hydrogen) atoms. The molecule has 2 atom stereocenters. The largest absolute Gasteiger partial charge is 0.381 e. The van der Waals surface area contributed by atoms with Crippen molar-refractivity contribution in [2.75, 3.05) is 27.3 Å². The van der Waals surface area contributed by atoms with Gasteiger partial charge in [-0.25, -0.2) is 0 Å². The van der Waals surface area contributed by atoms with E-state index in [0.717, 1.165) is 12.6 Å². The van der Waals surface area contributed by atoms with Crippen molar-refractivity contribution in [1.29, 1.82) is 0 Å². The topological polar surface area (TPSA) is 21.7 Å². The van der Waals surface area contributed by atoms with Crippen molar-refractivity contribution < 1.29 is 9.47 Å². The van der Waals surface area contributed by atoms with Gasteiger partial charge in [-0.05, 0) is 31.7 Å². The van der Waals surface area contributed by atoms with Crippen LogP contribution in [-0.4, -0.2) is 50.5 Å². The molecule has 88 valence electrons. The van der Waals surface area contributed by atoms with Crippen LogP contribution in [0.2, 0.25) is 0 Å². The summed E-state index contributed by atoms with van der Waals surface area (Å²) in [4.78, 5) is 2.59. The molecule has 1 aliphatic heterocycles. The highest BCUT2D eigenvalue weighted by Crippen LogP contribution is 2.31. The molecule has 0 unspecified atom stereocenters. The van der Waals surface area contributed by atoms with Gasteiger partial charge in [-0.3, -0.25) is 4.90 Å². The molecule has 1 saturated heterocycles. The number of likely N-dealkylation sites (tertiary alicyclic amines) is 1. The highest BCUT2D eigenvalue weighted by molar-refractivity contribution is 4.91. The fourth-order valence-electron chi connectivity index (χ4n) is 2.72. The number of hydrogen-bond donors (Lipinski definition) is 0. The molecule has 0 radical (unpaired) electrons. The molecule has 0 amide bonds. The Labute approximate surface area is 92.7 Å². The third-order valence-electron chi connectivity index (χ3n) is 4.14. The molecule has 0 spiro atoms. The summed E-state index contributed by atoms with van der Waals surface area (Å²) >= 11 is 0. The first kappa shape index (κ1) is 11.4. The van der Waals surface area contributed by atoms with E-state index in [9.17, 15) is 0 Å². The van der Waals surface area contributed by atoms with Crippen molar-refractivity contribution >= 4 is 0 Å². The maximum Gasteiger partial charge on any atom is 0.0724 e. The van der Waals surface area contributed by atoms with Gasteiger partial charge in [-0.15, -0.1) is 0 Å². The van der Waals surface area contributed by atoms with Crippen molar-refractivity contribution in [3.63, 3.8) is 0 Å². The van der Waals surface area contributed by atoms with E-state index >= 15 is 0 Å². The van der Waals surface area contributed by atoms with Gasteiger partial charge in [0.15, 0.2) is 0 Å². The van der Waals surface area contributed by atoms with Gasteiger partial charge in [0.1, 0.15) is 0 Å². The first-order valence-corrected chi connectivity index (χ1v) is 6.04. The van der Waals surface area contributed by atoms with E-state index in [0.29, 0.717) is 18.1 Å². The number of ether oxygens (including phenoxy) is 2. The second-order valence-corrected chi connectivity index (χ2v) is 5.02. The van der Waals surface area contributed by atoms with Crippen molar-refractivity contribution in [2.24, 2.45) is 5.92 Å². The molecule has 1 heterocycles. The summed E-state index contributed by atoms with van der Waals surface area (Å²) in [6, 6.07) is 0.750. The summed E-state index contributed by atoms with van der Waals surface area (Å²) in [6.07, 6.45) is 4.63. The summed E-state index contributed by atoms with van der Waals surface area (Å²) in [5.74, 6) is 0.713. The number of hydrogen-bond acceptors (Lipinski definition) is 3. The fourth-order valence-corrected chi connectivity index (χ4v) is 2.72. The van der Waals surface area contributed by atoms with Crippen molar-refractivity contribution in [3.8, 4) is 0 Å². The number of nitrogens with zero attached hydrogens (tertiary/aromatic N) is 1. The summed E-state index contributed by atoms with van der Waals surface area (Å²) in [5.41, 5.74) is 0. The van der Waals surface area contributed by atoms with Crippen LogP contribution in [0.15, 0.2) is 0 Å². The summed E-state index contributed by atoms with van der Waals surface area (Å²) in [7, 11) is 3.65. The molecule has 2 fully saturated rings. The highest BCUT2D eigenvalue weighted by atomic mass is 16.5. The lowest BCUT2D eigenvalue weighted by atomic mass is 9.85. The Morgan fingerprint density at radius 1 is 1.13 bits per heavy atom. The molecule has 2 rings (SSSR count). The summed E-state index contributed by atoms with van der Waals surface area (Å²) in [5, 5.41) is 0. The van der Waals surface area contributed by atoms with E-state index in [1.165, 1.54) is 25.8 Å². The van der Waals surface area contributed by atoms with Crippen molar-refractivity contribution in [1.82, 2.24) is 4.90 Å². The molecule has 0 aromatic rings. The van der Waals surface area contributed by atoms with Crippen LogP contribution in [0.25, 0.3) is 0 Å². The summed E-state index contributed by atoms with van der Waals surface area (Å²) in [6.45, 7) is 4.64. The zero-order chi connectivity index (χ0) is 10.8. The Hall–Kier alpha value is -0.120. The van der Waals surface area contributed by atoms with Crippen LogP contribution in [0.4, 0.5) is 0 Å². The molecule has 0 N–H and O–H groups in total. The van der Waals surface area contributed by atoms with Gasteiger partial charge >= 0.3 is 0 Å². The van der Waals surface area contributed by atoms with Crippen LogP contribution >= 0.6 is 0 Å².